The zero-order valence-electron chi connectivity index (χ0n) is 13.3. The number of methoxy groups -OCH3 is 1. The highest BCUT2D eigenvalue weighted by Crippen LogP contribution is 2.46. The summed E-state index contributed by atoms with van der Waals surface area (Å²) < 4.78 is 5.23. The van der Waals surface area contributed by atoms with Gasteiger partial charge in [0, 0.05) is 24.2 Å². The molecule has 120 valence electrons. The van der Waals surface area contributed by atoms with E-state index >= 15 is 0 Å². The van der Waals surface area contributed by atoms with E-state index in [2.05, 4.69) is 22.1 Å². The van der Waals surface area contributed by atoms with Gasteiger partial charge in [-0.1, -0.05) is 18.6 Å². The maximum absolute atomic E-state index is 11.5. The van der Waals surface area contributed by atoms with Gasteiger partial charge in [0.25, 0.3) is 0 Å². The number of Topliss-reactive ketones (excluding diaryl/α,β-unsaturated/α-hetero) is 1. The summed E-state index contributed by atoms with van der Waals surface area (Å²) in [5.41, 5.74) is 7.24. The number of hydrogen-bond donors (Lipinski definition) is 1. The smallest absolute Gasteiger partial charge is 0.179 e. The van der Waals surface area contributed by atoms with Crippen molar-refractivity contribution in [2.45, 2.75) is 31.1 Å². The van der Waals surface area contributed by atoms with Gasteiger partial charge in [-0.25, -0.2) is 9.97 Å². The van der Waals surface area contributed by atoms with Crippen LogP contribution in [0.3, 0.4) is 0 Å². The summed E-state index contributed by atoms with van der Waals surface area (Å²) in [4.78, 5) is 20.3. The van der Waals surface area contributed by atoms with Crippen LogP contribution in [-0.2, 0) is 11.8 Å². The Hall–Kier alpha value is -2.27. The molecule has 5 heteroatoms. The number of ether oxygens (including phenoxy) is 1. The second-order valence-corrected chi connectivity index (χ2v) is 6.05. The molecule has 5 nitrogen and oxygen atoms in total. The molecule has 1 aromatic carbocycles. The fourth-order valence-electron chi connectivity index (χ4n) is 3.13. The number of hydrogen-bond acceptors (Lipinski definition) is 5. The molecule has 1 aliphatic carbocycles. The second kappa shape index (κ2) is 6.46. The van der Waals surface area contributed by atoms with Crippen LogP contribution in [0.5, 0.6) is 5.75 Å². The highest BCUT2D eigenvalue weighted by molar-refractivity contribution is 5.96. The number of aromatic nitrogens is 2. The molecule has 0 spiro atoms. The number of rotatable bonds is 6. The lowest BCUT2D eigenvalue weighted by molar-refractivity contribution is 0.100. The number of nitrogens with two attached hydrogens (primary N) is 1. The minimum absolute atomic E-state index is 0.0154. The predicted molar refractivity (Wildman–Crippen MR) is 87.6 cm³/mol. The van der Waals surface area contributed by atoms with Crippen molar-refractivity contribution >= 4 is 5.78 Å². The number of nitrogens with zero attached hydrogens (tertiary/aromatic N) is 2. The monoisotopic (exact) mass is 311 g/mol. The predicted octanol–water partition coefficient (Wildman–Crippen LogP) is 2.29. The van der Waals surface area contributed by atoms with Crippen LogP contribution in [0, 0.1) is 0 Å². The second-order valence-electron chi connectivity index (χ2n) is 6.05. The highest BCUT2D eigenvalue weighted by atomic mass is 16.5. The molecule has 23 heavy (non-hydrogen) atoms. The van der Waals surface area contributed by atoms with Gasteiger partial charge in [0.2, 0.25) is 0 Å². The van der Waals surface area contributed by atoms with Crippen molar-refractivity contribution in [3.63, 3.8) is 0 Å². The van der Waals surface area contributed by atoms with E-state index in [0.717, 1.165) is 30.8 Å². The summed E-state index contributed by atoms with van der Waals surface area (Å²) >= 11 is 0. The standard InChI is InChI=1S/C18H21N3O2/c1-23-15-5-3-14(4-6-15)18(7-2-8-18)9-17-20-11-13(12-21-17)16(22)10-19/h3-6,11-12H,2,7-10,19H2,1H3. The Kier molecular flexibility index (Phi) is 4.39. The number of carbonyl (C=O) groups excluding carboxylic acids is 1. The molecule has 0 atom stereocenters. The minimum Gasteiger partial charge on any atom is -0.497 e. The van der Waals surface area contributed by atoms with Gasteiger partial charge in [-0.05, 0) is 30.5 Å². The van der Waals surface area contributed by atoms with E-state index in [0.29, 0.717) is 5.56 Å². The van der Waals surface area contributed by atoms with Crippen molar-refractivity contribution in [3.05, 3.63) is 53.6 Å². The van der Waals surface area contributed by atoms with Crippen LogP contribution >= 0.6 is 0 Å². The van der Waals surface area contributed by atoms with E-state index in [1.165, 1.54) is 12.0 Å². The van der Waals surface area contributed by atoms with Crippen LogP contribution in [0.4, 0.5) is 0 Å². The Morgan fingerprint density at radius 1 is 1.22 bits per heavy atom. The normalized spacial score (nSPS) is 15.7. The van der Waals surface area contributed by atoms with E-state index < -0.39 is 0 Å². The van der Waals surface area contributed by atoms with Crippen LogP contribution in [0.25, 0.3) is 0 Å². The van der Waals surface area contributed by atoms with Crippen LogP contribution in [-0.4, -0.2) is 29.4 Å². The minimum atomic E-state index is -0.134. The van der Waals surface area contributed by atoms with Crippen LogP contribution in [0.1, 0.15) is 41.0 Å². The van der Waals surface area contributed by atoms with Crippen molar-refractivity contribution in [1.29, 1.82) is 0 Å². The summed E-state index contributed by atoms with van der Waals surface area (Å²) in [6.07, 6.45) is 7.43. The third-order valence-electron chi connectivity index (χ3n) is 4.72. The zero-order valence-corrected chi connectivity index (χ0v) is 13.3. The van der Waals surface area contributed by atoms with Gasteiger partial charge in [-0.2, -0.15) is 0 Å². The quantitative estimate of drug-likeness (QED) is 0.828. The van der Waals surface area contributed by atoms with Gasteiger partial charge >= 0.3 is 0 Å². The van der Waals surface area contributed by atoms with Crippen molar-refractivity contribution < 1.29 is 9.53 Å². The molecule has 1 saturated carbocycles. The third kappa shape index (κ3) is 3.10. The Bertz CT molecular complexity index is 676. The molecule has 0 saturated heterocycles. The molecule has 0 radical (unpaired) electrons. The van der Waals surface area contributed by atoms with Gasteiger partial charge in [-0.3, -0.25) is 4.79 Å². The fourth-order valence-corrected chi connectivity index (χ4v) is 3.13. The molecule has 0 bridgehead atoms. The van der Waals surface area contributed by atoms with E-state index in [1.54, 1.807) is 19.5 Å². The molecule has 1 aliphatic rings. The molecule has 0 aliphatic heterocycles. The van der Waals surface area contributed by atoms with Crippen LogP contribution < -0.4 is 10.5 Å². The molecule has 1 aromatic heterocycles. The topological polar surface area (TPSA) is 78.1 Å². The number of benzene rings is 1. The SMILES string of the molecule is COc1ccc(C2(Cc3ncc(C(=O)CN)cn3)CCC2)cc1. The Balaban J connectivity index is 1.79. The lowest BCUT2D eigenvalue weighted by Crippen LogP contribution is -2.37. The lowest BCUT2D eigenvalue weighted by Gasteiger charge is -2.42. The Labute approximate surface area is 135 Å². The van der Waals surface area contributed by atoms with Gasteiger partial charge in [0.15, 0.2) is 5.78 Å². The van der Waals surface area contributed by atoms with Gasteiger partial charge < -0.3 is 10.5 Å². The Morgan fingerprint density at radius 2 is 1.87 bits per heavy atom. The van der Waals surface area contributed by atoms with Crippen LogP contribution in [0.2, 0.25) is 0 Å². The molecular weight excluding hydrogens is 290 g/mol. The lowest BCUT2D eigenvalue weighted by atomic mass is 9.62. The summed E-state index contributed by atoms with van der Waals surface area (Å²) in [5.74, 6) is 1.50. The fraction of sp³-hybridized carbons (Fsp3) is 0.389. The van der Waals surface area contributed by atoms with Gasteiger partial charge in [-0.15, -0.1) is 0 Å². The highest BCUT2D eigenvalue weighted by Gasteiger charge is 2.39. The summed E-state index contributed by atoms with van der Waals surface area (Å²) in [5, 5.41) is 0. The first-order valence-electron chi connectivity index (χ1n) is 7.85. The largest absolute Gasteiger partial charge is 0.497 e. The number of ketones is 1. The number of carbonyl (C=O) groups is 1. The van der Waals surface area contributed by atoms with Crippen LogP contribution in [0.15, 0.2) is 36.7 Å². The Morgan fingerprint density at radius 3 is 2.35 bits per heavy atom. The van der Waals surface area contributed by atoms with Gasteiger partial charge in [0.1, 0.15) is 11.6 Å². The molecule has 2 N–H and O–H groups in total. The first kappa shape index (κ1) is 15.6. The molecule has 0 unspecified atom stereocenters. The summed E-state index contributed by atoms with van der Waals surface area (Å²) in [6.45, 7) is -0.0154. The average Bonchev–Trinajstić information content (AvgIpc) is 2.58. The molecule has 0 amide bonds. The van der Waals surface area contributed by atoms with E-state index in [-0.39, 0.29) is 17.7 Å². The van der Waals surface area contributed by atoms with E-state index in [9.17, 15) is 4.79 Å². The molecule has 1 heterocycles. The van der Waals surface area contributed by atoms with Crippen molar-refractivity contribution in [2.24, 2.45) is 5.73 Å². The van der Waals surface area contributed by atoms with Crippen molar-refractivity contribution in [1.82, 2.24) is 9.97 Å². The summed E-state index contributed by atoms with van der Waals surface area (Å²) in [7, 11) is 1.67. The maximum Gasteiger partial charge on any atom is 0.179 e. The molecular formula is C18H21N3O2. The summed E-state index contributed by atoms with van der Waals surface area (Å²) in [6, 6.07) is 8.26. The first-order valence-corrected chi connectivity index (χ1v) is 7.85. The van der Waals surface area contributed by atoms with Crippen molar-refractivity contribution in [2.75, 3.05) is 13.7 Å². The zero-order chi connectivity index (χ0) is 16.3. The van der Waals surface area contributed by atoms with E-state index in [1.807, 2.05) is 12.1 Å². The van der Waals surface area contributed by atoms with Crippen molar-refractivity contribution in [3.8, 4) is 5.75 Å². The first-order chi connectivity index (χ1) is 11.2. The third-order valence-corrected chi connectivity index (χ3v) is 4.72. The molecule has 3 rings (SSSR count). The van der Waals surface area contributed by atoms with Gasteiger partial charge in [0.05, 0.1) is 19.2 Å². The average molecular weight is 311 g/mol. The molecule has 1 fully saturated rings. The maximum atomic E-state index is 11.5. The molecule has 2 aromatic rings. The van der Waals surface area contributed by atoms with E-state index in [4.69, 9.17) is 10.5 Å².